The first-order chi connectivity index (χ1) is 23.7. The Morgan fingerprint density at radius 1 is 0.959 bits per heavy atom. The van der Waals surface area contributed by atoms with Crippen molar-refractivity contribution in [2.24, 2.45) is 4.99 Å². The van der Waals surface area contributed by atoms with E-state index in [4.69, 9.17) is 28.7 Å². The molecule has 0 N–H and O–H groups in total. The summed E-state index contributed by atoms with van der Waals surface area (Å²) < 4.78 is 31.2. The molecule has 49 heavy (non-hydrogen) atoms. The van der Waals surface area contributed by atoms with Crippen molar-refractivity contribution in [1.82, 2.24) is 4.57 Å². The first-order valence-corrected chi connectivity index (χ1v) is 16.9. The number of para-hydroxylation sites is 1. The maximum absolute atomic E-state index is 14.4. The van der Waals surface area contributed by atoms with E-state index < -0.39 is 12.0 Å². The Labute approximate surface area is 288 Å². The van der Waals surface area contributed by atoms with Gasteiger partial charge in [-0.15, -0.1) is 0 Å². The average Bonchev–Trinajstić information content (AvgIpc) is 3.40. The molecule has 5 aromatic rings. The van der Waals surface area contributed by atoms with Gasteiger partial charge in [0, 0.05) is 5.56 Å². The van der Waals surface area contributed by atoms with Gasteiger partial charge in [0.15, 0.2) is 27.8 Å². The molecule has 1 atom stereocenters. The van der Waals surface area contributed by atoms with Gasteiger partial charge in [-0.1, -0.05) is 72.0 Å². The number of esters is 1. The number of carbonyl (C=O) groups is 1. The molecule has 6 rings (SSSR count). The van der Waals surface area contributed by atoms with Crippen molar-refractivity contribution in [1.29, 1.82) is 0 Å². The molecule has 2 heterocycles. The smallest absolute Gasteiger partial charge is 0.338 e. The molecule has 0 saturated carbocycles. The van der Waals surface area contributed by atoms with Crippen LogP contribution in [0.4, 0.5) is 0 Å². The second-order valence-corrected chi connectivity index (χ2v) is 12.7. The number of methoxy groups -OCH3 is 2. The van der Waals surface area contributed by atoms with Crippen LogP contribution in [-0.4, -0.2) is 37.5 Å². The summed E-state index contributed by atoms with van der Waals surface area (Å²) in [6.45, 7) is 7.83. The summed E-state index contributed by atoms with van der Waals surface area (Å²) in [5.41, 5.74) is 2.78. The van der Waals surface area contributed by atoms with E-state index in [2.05, 4.69) is 18.2 Å². The standard InChI is InChI=1S/C39H38N2O7S/c1-7-46-38(43)34-24(4)40-39-41(35(34)26-18-19-30(48-23(2)3)32(20-26)45-6)37(42)33(49-39)21-27-14-11-17-31(44-5)36(27)47-22-28-15-10-13-25-12-8-9-16-29(25)28/h8-21,23,35H,7,22H2,1-6H3/b33-21+/t35-/m0/s1. The zero-order valence-corrected chi connectivity index (χ0v) is 29.1. The lowest BCUT2D eigenvalue weighted by atomic mass is 9.95. The van der Waals surface area contributed by atoms with E-state index in [0.29, 0.717) is 55.8 Å². The van der Waals surface area contributed by atoms with Crippen LogP contribution in [0.25, 0.3) is 16.8 Å². The fraction of sp³-hybridized carbons (Fsp3) is 0.256. The van der Waals surface area contributed by atoms with Gasteiger partial charge in [0.05, 0.1) is 48.8 Å². The Morgan fingerprint density at radius 2 is 1.71 bits per heavy atom. The molecule has 1 aliphatic heterocycles. The number of allylic oxidation sites excluding steroid dienone is 1. The van der Waals surface area contributed by atoms with Gasteiger partial charge in [-0.25, -0.2) is 9.79 Å². The third kappa shape index (κ3) is 6.69. The summed E-state index contributed by atoms with van der Waals surface area (Å²) in [7, 11) is 3.14. The number of carbonyl (C=O) groups excluding carboxylic acids is 1. The van der Waals surface area contributed by atoms with Gasteiger partial charge < -0.3 is 23.7 Å². The zero-order valence-electron chi connectivity index (χ0n) is 28.3. The molecule has 0 saturated heterocycles. The van der Waals surface area contributed by atoms with Gasteiger partial charge in [-0.2, -0.15) is 0 Å². The number of nitrogens with zero attached hydrogens (tertiary/aromatic N) is 2. The molecule has 0 amide bonds. The maximum Gasteiger partial charge on any atom is 0.338 e. The number of ether oxygens (including phenoxy) is 5. The highest BCUT2D eigenvalue weighted by Crippen LogP contribution is 2.37. The zero-order chi connectivity index (χ0) is 34.7. The number of rotatable bonds is 11. The van der Waals surface area contributed by atoms with Crippen LogP contribution in [-0.2, 0) is 16.1 Å². The lowest BCUT2D eigenvalue weighted by molar-refractivity contribution is -0.139. The molecule has 0 bridgehead atoms. The highest BCUT2D eigenvalue weighted by atomic mass is 32.1. The first-order valence-electron chi connectivity index (χ1n) is 16.0. The molecule has 9 nitrogen and oxygen atoms in total. The largest absolute Gasteiger partial charge is 0.493 e. The molecule has 4 aromatic carbocycles. The van der Waals surface area contributed by atoms with Crippen LogP contribution in [0.5, 0.6) is 23.0 Å². The number of hydrogen-bond acceptors (Lipinski definition) is 9. The molecule has 0 radical (unpaired) electrons. The Hall–Kier alpha value is -5.35. The lowest BCUT2D eigenvalue weighted by Crippen LogP contribution is -2.40. The van der Waals surface area contributed by atoms with Crippen molar-refractivity contribution in [3.05, 3.63) is 127 Å². The van der Waals surface area contributed by atoms with Gasteiger partial charge >= 0.3 is 5.97 Å². The maximum atomic E-state index is 14.4. The number of hydrogen-bond donors (Lipinski definition) is 0. The van der Waals surface area contributed by atoms with Gasteiger partial charge in [-0.05, 0) is 73.9 Å². The van der Waals surface area contributed by atoms with E-state index >= 15 is 0 Å². The summed E-state index contributed by atoms with van der Waals surface area (Å²) >= 11 is 1.24. The van der Waals surface area contributed by atoms with Crippen molar-refractivity contribution in [2.45, 2.75) is 46.4 Å². The third-order valence-corrected chi connectivity index (χ3v) is 9.13. The second-order valence-electron chi connectivity index (χ2n) is 11.7. The van der Waals surface area contributed by atoms with Crippen LogP contribution in [0, 0.1) is 0 Å². The minimum absolute atomic E-state index is 0.0767. The highest BCUT2D eigenvalue weighted by molar-refractivity contribution is 7.07. The fourth-order valence-electron chi connectivity index (χ4n) is 5.98. The molecular weight excluding hydrogens is 641 g/mol. The summed E-state index contributed by atoms with van der Waals surface area (Å²) in [6, 6.07) is 24.4. The summed E-state index contributed by atoms with van der Waals surface area (Å²) in [4.78, 5) is 33.0. The highest BCUT2D eigenvalue weighted by Gasteiger charge is 2.34. The molecule has 0 unspecified atom stereocenters. The van der Waals surface area contributed by atoms with Gasteiger partial charge in [0.25, 0.3) is 5.56 Å². The second kappa shape index (κ2) is 14.4. The molecule has 0 aliphatic carbocycles. The first kappa shape index (κ1) is 33.5. The number of benzene rings is 4. The van der Waals surface area contributed by atoms with Crippen LogP contribution < -0.4 is 33.8 Å². The predicted octanol–water partition coefficient (Wildman–Crippen LogP) is 6.33. The molecule has 0 spiro atoms. The van der Waals surface area contributed by atoms with Crippen LogP contribution >= 0.6 is 11.3 Å². The summed E-state index contributed by atoms with van der Waals surface area (Å²) in [5, 5.41) is 2.22. The SMILES string of the molecule is CCOC(=O)C1=C(C)N=c2s/c(=C/c3cccc(OC)c3OCc3cccc4ccccc34)c(=O)n2[C@H]1c1ccc(OC(C)C)c(OC)c1. The van der Waals surface area contributed by atoms with Crippen molar-refractivity contribution >= 4 is 34.2 Å². The van der Waals surface area contributed by atoms with Gasteiger partial charge in [0.1, 0.15) is 6.61 Å². The van der Waals surface area contributed by atoms with Crippen molar-refractivity contribution in [2.75, 3.05) is 20.8 Å². The molecule has 10 heteroatoms. The summed E-state index contributed by atoms with van der Waals surface area (Å²) in [6.07, 6.45) is 1.71. The molecular formula is C39H38N2O7S. The fourth-order valence-corrected chi connectivity index (χ4v) is 7.02. The van der Waals surface area contributed by atoms with E-state index in [-0.39, 0.29) is 23.8 Å². The minimum atomic E-state index is -0.813. The summed E-state index contributed by atoms with van der Waals surface area (Å²) in [5.74, 6) is 1.54. The minimum Gasteiger partial charge on any atom is -0.493 e. The van der Waals surface area contributed by atoms with E-state index in [1.807, 2.05) is 62.4 Å². The van der Waals surface area contributed by atoms with Crippen molar-refractivity contribution < 1.29 is 28.5 Å². The predicted molar refractivity (Wildman–Crippen MR) is 190 cm³/mol. The topological polar surface area (TPSA) is 97.6 Å². The van der Waals surface area contributed by atoms with E-state index in [1.54, 1.807) is 50.8 Å². The van der Waals surface area contributed by atoms with E-state index in [0.717, 1.165) is 16.3 Å². The van der Waals surface area contributed by atoms with Gasteiger partial charge in [-0.3, -0.25) is 9.36 Å². The number of fused-ring (bicyclic) bond motifs is 2. The number of aromatic nitrogens is 1. The quantitative estimate of drug-likeness (QED) is 0.151. The monoisotopic (exact) mass is 678 g/mol. The Bertz CT molecular complexity index is 2240. The van der Waals surface area contributed by atoms with Crippen LogP contribution in [0.3, 0.4) is 0 Å². The number of thiazole rings is 1. The molecule has 1 aliphatic rings. The Morgan fingerprint density at radius 3 is 2.47 bits per heavy atom. The van der Waals surface area contributed by atoms with Crippen LogP contribution in [0.15, 0.2) is 99.9 Å². The molecule has 1 aromatic heterocycles. The molecule has 252 valence electrons. The Balaban J connectivity index is 1.47. The van der Waals surface area contributed by atoms with Crippen LogP contribution in [0.1, 0.15) is 50.4 Å². The lowest BCUT2D eigenvalue weighted by Gasteiger charge is -2.25. The van der Waals surface area contributed by atoms with Crippen molar-refractivity contribution in [3.63, 3.8) is 0 Å². The Kier molecular flexibility index (Phi) is 9.87. The molecule has 0 fully saturated rings. The average molecular weight is 679 g/mol. The van der Waals surface area contributed by atoms with E-state index in [1.165, 1.54) is 11.3 Å². The van der Waals surface area contributed by atoms with Crippen LogP contribution in [0.2, 0.25) is 0 Å². The normalized spacial score (nSPS) is 14.4. The van der Waals surface area contributed by atoms with E-state index in [9.17, 15) is 9.59 Å². The van der Waals surface area contributed by atoms with Crippen molar-refractivity contribution in [3.8, 4) is 23.0 Å². The van der Waals surface area contributed by atoms with Gasteiger partial charge in [0.2, 0.25) is 0 Å². The third-order valence-electron chi connectivity index (χ3n) is 8.15.